The number of para-hydroxylation sites is 1. The van der Waals surface area contributed by atoms with Crippen molar-refractivity contribution >= 4 is 46.7 Å². The molecule has 0 spiro atoms. The number of fused-ring (bicyclic) bond motifs is 2. The molecule has 16 nitrogen and oxygen atoms in total. The van der Waals surface area contributed by atoms with Gasteiger partial charge in [-0.2, -0.15) is 0 Å². The topological polar surface area (TPSA) is 167 Å². The molecule has 324 valence electrons. The van der Waals surface area contributed by atoms with Crippen molar-refractivity contribution in [2.24, 2.45) is 7.05 Å². The van der Waals surface area contributed by atoms with Crippen LogP contribution >= 0.6 is 0 Å². The molecule has 7 rings (SSSR count). The van der Waals surface area contributed by atoms with E-state index >= 15 is 0 Å². The number of unbranched alkanes of at least 4 members (excludes halogenated alkanes) is 3. The Labute approximate surface area is 350 Å². The molecule has 3 aromatic rings. The lowest BCUT2D eigenvalue weighted by atomic mass is 10.0. The zero-order valence-corrected chi connectivity index (χ0v) is 35.2. The zero-order chi connectivity index (χ0) is 42.3. The first-order valence-corrected chi connectivity index (χ1v) is 21.7. The number of aryl methyl sites for hydroxylation is 2. The number of likely N-dealkylation sites (tertiary alicyclic amines) is 2. The van der Waals surface area contributed by atoms with Gasteiger partial charge in [-0.1, -0.05) is 50.5 Å². The molecule has 4 aliphatic rings. The second-order valence-corrected chi connectivity index (χ2v) is 16.6. The number of esters is 1. The highest BCUT2D eigenvalue weighted by Crippen LogP contribution is 2.27. The molecule has 1 N–H and O–H groups in total. The third kappa shape index (κ3) is 9.80. The fourth-order valence-corrected chi connectivity index (χ4v) is 9.22. The van der Waals surface area contributed by atoms with Gasteiger partial charge in [-0.25, -0.2) is 19.2 Å². The van der Waals surface area contributed by atoms with Crippen molar-refractivity contribution in [2.75, 3.05) is 70.8 Å². The minimum Gasteiger partial charge on any atom is -0.459 e. The molecule has 3 fully saturated rings. The molecule has 3 saturated heterocycles. The molecule has 0 aliphatic carbocycles. The molecule has 5 heterocycles. The van der Waals surface area contributed by atoms with Crippen molar-refractivity contribution in [3.8, 4) is 0 Å². The lowest BCUT2D eigenvalue weighted by Crippen LogP contribution is -2.57. The second-order valence-electron chi connectivity index (χ2n) is 16.6. The van der Waals surface area contributed by atoms with E-state index in [1.54, 1.807) is 27.8 Å². The van der Waals surface area contributed by atoms with Gasteiger partial charge in [-0.05, 0) is 74.3 Å². The third-order valence-corrected chi connectivity index (χ3v) is 12.7. The van der Waals surface area contributed by atoms with Gasteiger partial charge in [0.2, 0.25) is 0 Å². The number of benzene rings is 2. The number of amides is 5. The van der Waals surface area contributed by atoms with Crippen LogP contribution in [0.1, 0.15) is 75.0 Å². The minimum absolute atomic E-state index is 0.0401. The Kier molecular flexibility index (Phi) is 13.8. The van der Waals surface area contributed by atoms with Crippen molar-refractivity contribution in [3.63, 3.8) is 0 Å². The Morgan fingerprint density at radius 2 is 1.53 bits per heavy atom. The van der Waals surface area contributed by atoms with Gasteiger partial charge in [-0.15, -0.1) is 0 Å². The van der Waals surface area contributed by atoms with E-state index in [0.29, 0.717) is 101 Å². The van der Waals surface area contributed by atoms with E-state index in [9.17, 15) is 28.8 Å². The van der Waals surface area contributed by atoms with E-state index in [2.05, 4.69) is 17.1 Å². The first kappa shape index (κ1) is 42.7. The van der Waals surface area contributed by atoms with Gasteiger partial charge in [0.1, 0.15) is 0 Å². The maximum absolute atomic E-state index is 14.3. The standard InChI is InChI=1S/C44H59N7O9/c1-4-5-6-9-26-58-41(54)40(53)48-17-13-33(14-18-48)47-22-24-49(25-23-47)39(52)37(29-31-27-30(2)38-36(28-31)59-43(56)46(38)3)60-44(57)50-19-15-34(16-20-50)51-21-12-32-10-7-8-11-35(32)45-42(51)55/h7-8,10-11,27-28,33-34,37H,4-6,9,12-26,29H2,1-3H3,(H,45,55)/t37-/m1/s1. The summed E-state index contributed by atoms with van der Waals surface area (Å²) in [5.74, 6) is -2.14. The number of carbonyl (C=O) groups is 5. The number of piperazine rings is 1. The Hall–Kier alpha value is -5.38. The van der Waals surface area contributed by atoms with Crippen LogP contribution in [0.25, 0.3) is 11.1 Å². The number of carbonyl (C=O) groups excluding carboxylic acids is 5. The highest BCUT2D eigenvalue weighted by molar-refractivity contribution is 6.32. The number of piperidine rings is 2. The van der Waals surface area contributed by atoms with Gasteiger partial charge in [-0.3, -0.25) is 19.1 Å². The number of rotatable bonds is 11. The molecule has 16 heteroatoms. The molecule has 5 amide bonds. The molecule has 1 atom stereocenters. The van der Waals surface area contributed by atoms with Gasteiger partial charge in [0.15, 0.2) is 11.7 Å². The largest absolute Gasteiger partial charge is 0.459 e. The van der Waals surface area contributed by atoms with E-state index in [1.165, 1.54) is 4.57 Å². The van der Waals surface area contributed by atoms with Crippen LogP contribution in [0.15, 0.2) is 45.6 Å². The molecule has 2 aromatic carbocycles. The summed E-state index contributed by atoms with van der Waals surface area (Å²) in [7, 11) is 1.64. The van der Waals surface area contributed by atoms with Gasteiger partial charge in [0.05, 0.1) is 12.1 Å². The highest BCUT2D eigenvalue weighted by Gasteiger charge is 2.37. The monoisotopic (exact) mass is 829 g/mol. The van der Waals surface area contributed by atoms with Gasteiger partial charge >= 0.3 is 29.8 Å². The molecule has 4 aliphatic heterocycles. The summed E-state index contributed by atoms with van der Waals surface area (Å²) in [5.41, 5.74) is 4.49. The van der Waals surface area contributed by atoms with Crippen LogP contribution in [0.5, 0.6) is 0 Å². The number of nitrogens with zero attached hydrogens (tertiary/aromatic N) is 6. The summed E-state index contributed by atoms with van der Waals surface area (Å²) in [6.07, 6.45) is 5.61. The summed E-state index contributed by atoms with van der Waals surface area (Å²) in [4.78, 5) is 88.0. The van der Waals surface area contributed by atoms with Crippen molar-refractivity contribution in [1.82, 2.24) is 29.1 Å². The summed E-state index contributed by atoms with van der Waals surface area (Å²) >= 11 is 0. The molecule has 1 aromatic heterocycles. The molecule has 0 saturated carbocycles. The van der Waals surface area contributed by atoms with Crippen molar-refractivity contribution < 1.29 is 37.9 Å². The van der Waals surface area contributed by atoms with Crippen LogP contribution < -0.4 is 11.1 Å². The van der Waals surface area contributed by atoms with E-state index in [-0.39, 0.29) is 37.0 Å². The van der Waals surface area contributed by atoms with Gasteiger partial charge in [0.25, 0.3) is 5.91 Å². The van der Waals surface area contributed by atoms with E-state index in [1.807, 2.05) is 42.2 Å². The number of urea groups is 1. The zero-order valence-electron chi connectivity index (χ0n) is 35.2. The number of hydrogen-bond acceptors (Lipinski definition) is 10. The number of anilines is 1. The summed E-state index contributed by atoms with van der Waals surface area (Å²) in [5, 5.41) is 3.04. The molecule has 0 unspecified atom stereocenters. The van der Waals surface area contributed by atoms with E-state index in [4.69, 9.17) is 13.9 Å². The average molecular weight is 830 g/mol. The number of ether oxygens (including phenoxy) is 2. The molecule has 0 bridgehead atoms. The predicted octanol–water partition coefficient (Wildman–Crippen LogP) is 4.30. The second kappa shape index (κ2) is 19.3. The lowest BCUT2D eigenvalue weighted by Gasteiger charge is -2.43. The lowest BCUT2D eigenvalue weighted by molar-refractivity contribution is -0.161. The predicted molar refractivity (Wildman–Crippen MR) is 223 cm³/mol. The van der Waals surface area contributed by atoms with Crippen LogP contribution in [0.3, 0.4) is 0 Å². The first-order chi connectivity index (χ1) is 29.0. The summed E-state index contributed by atoms with van der Waals surface area (Å²) in [6, 6.07) is 11.5. The van der Waals surface area contributed by atoms with Crippen LogP contribution in [0.4, 0.5) is 15.3 Å². The van der Waals surface area contributed by atoms with E-state index < -0.39 is 29.8 Å². The number of aromatic nitrogens is 1. The minimum atomic E-state index is -1.12. The van der Waals surface area contributed by atoms with Crippen molar-refractivity contribution in [3.05, 3.63) is 63.6 Å². The highest BCUT2D eigenvalue weighted by atomic mass is 16.6. The first-order valence-electron chi connectivity index (χ1n) is 21.7. The molecule has 60 heavy (non-hydrogen) atoms. The Morgan fingerprint density at radius 1 is 0.833 bits per heavy atom. The van der Waals surface area contributed by atoms with Crippen molar-refractivity contribution in [1.29, 1.82) is 0 Å². The Bertz CT molecular complexity index is 2090. The maximum Gasteiger partial charge on any atom is 0.419 e. The average Bonchev–Trinajstić information content (AvgIpc) is 3.44. The Morgan fingerprint density at radius 3 is 2.27 bits per heavy atom. The third-order valence-electron chi connectivity index (χ3n) is 12.7. The smallest absolute Gasteiger partial charge is 0.419 e. The van der Waals surface area contributed by atoms with Crippen LogP contribution in [0, 0.1) is 6.92 Å². The maximum atomic E-state index is 14.3. The van der Waals surface area contributed by atoms with Crippen LogP contribution in [-0.2, 0) is 43.7 Å². The number of nitrogens with one attached hydrogen (secondary N) is 1. The van der Waals surface area contributed by atoms with Gasteiger partial charge in [0, 0.05) is 90.1 Å². The quantitative estimate of drug-likeness (QED) is 0.167. The van der Waals surface area contributed by atoms with Gasteiger partial charge < -0.3 is 38.8 Å². The molecular weight excluding hydrogens is 771 g/mol. The molecular formula is C44H59N7O9. The summed E-state index contributed by atoms with van der Waals surface area (Å²) in [6.45, 7) is 8.64. The van der Waals surface area contributed by atoms with Crippen LogP contribution in [0.2, 0.25) is 0 Å². The fraction of sp³-hybridized carbons (Fsp3) is 0.591. The number of hydrogen-bond donors (Lipinski definition) is 1. The SMILES string of the molecule is CCCCCCOC(=O)C(=O)N1CCC(N2CCN(C(=O)[C@@H](Cc3cc(C)c4c(c3)oc(=O)n4C)OC(=O)N3CCC(N4CCc5ccccc5NC4=O)CC3)CC2)CC1. The summed E-state index contributed by atoms with van der Waals surface area (Å²) < 4.78 is 18.3. The van der Waals surface area contributed by atoms with E-state index in [0.717, 1.165) is 48.9 Å². The molecule has 0 radical (unpaired) electrons. The Balaban J connectivity index is 0.951. The fourth-order valence-electron chi connectivity index (χ4n) is 9.22. The van der Waals surface area contributed by atoms with Crippen molar-refractivity contribution in [2.45, 2.75) is 96.2 Å². The number of oxazole rings is 1. The van der Waals surface area contributed by atoms with Crippen LogP contribution in [-0.4, -0.2) is 143 Å². The normalized spacial score (nSPS) is 18.8.